The van der Waals surface area contributed by atoms with Crippen molar-refractivity contribution in [1.29, 1.82) is 0 Å². The van der Waals surface area contributed by atoms with E-state index in [4.69, 9.17) is 0 Å². The summed E-state index contributed by atoms with van der Waals surface area (Å²) in [5.74, 6) is 0.742. The van der Waals surface area contributed by atoms with Crippen LogP contribution < -0.4 is 10.6 Å². The summed E-state index contributed by atoms with van der Waals surface area (Å²) in [4.78, 5) is 6.88. The minimum absolute atomic E-state index is 0.313. The van der Waals surface area contributed by atoms with Crippen molar-refractivity contribution < 1.29 is 5.11 Å². The van der Waals surface area contributed by atoms with Crippen LogP contribution in [0.1, 0.15) is 39.7 Å². The maximum atomic E-state index is 10.7. The van der Waals surface area contributed by atoms with Gasteiger partial charge >= 0.3 is 0 Å². The molecule has 24 heavy (non-hydrogen) atoms. The Morgan fingerprint density at radius 3 is 2.50 bits per heavy atom. The van der Waals surface area contributed by atoms with E-state index >= 15 is 0 Å². The third-order valence-corrected chi connectivity index (χ3v) is 4.39. The van der Waals surface area contributed by atoms with Crippen LogP contribution in [0.5, 0.6) is 0 Å². The lowest BCUT2D eigenvalue weighted by Crippen LogP contribution is -2.43. The predicted molar refractivity (Wildman–Crippen MR) is 102 cm³/mol. The number of benzene rings is 1. The topological polar surface area (TPSA) is 59.9 Å². The molecule has 0 aromatic heterocycles. The molecular formula is C19H34N4O. The molecule has 0 aliphatic heterocycles. The van der Waals surface area contributed by atoms with Gasteiger partial charge in [0, 0.05) is 25.7 Å². The summed E-state index contributed by atoms with van der Waals surface area (Å²) in [6.07, 6.45) is 1.14. The molecule has 0 bridgehead atoms. The van der Waals surface area contributed by atoms with Gasteiger partial charge in [-0.05, 0) is 39.8 Å². The maximum Gasteiger partial charge on any atom is 0.191 e. The van der Waals surface area contributed by atoms with E-state index in [2.05, 4.69) is 41.4 Å². The Labute approximate surface area is 147 Å². The van der Waals surface area contributed by atoms with Crippen molar-refractivity contribution in [1.82, 2.24) is 15.5 Å². The van der Waals surface area contributed by atoms with Crippen LogP contribution in [-0.4, -0.2) is 55.2 Å². The van der Waals surface area contributed by atoms with Gasteiger partial charge < -0.3 is 20.6 Å². The summed E-state index contributed by atoms with van der Waals surface area (Å²) in [6, 6.07) is 10.2. The van der Waals surface area contributed by atoms with E-state index in [9.17, 15) is 5.11 Å². The minimum Gasteiger partial charge on any atom is -0.384 e. The first kappa shape index (κ1) is 20.5. The first-order chi connectivity index (χ1) is 11.4. The smallest absolute Gasteiger partial charge is 0.191 e. The zero-order valence-electron chi connectivity index (χ0n) is 15.8. The van der Waals surface area contributed by atoms with Gasteiger partial charge in [-0.15, -0.1) is 0 Å². The summed E-state index contributed by atoms with van der Waals surface area (Å²) in [5, 5.41) is 17.2. The second-order valence-electron chi connectivity index (χ2n) is 6.50. The molecule has 1 aromatic rings. The second-order valence-corrected chi connectivity index (χ2v) is 6.50. The second kappa shape index (κ2) is 10.3. The van der Waals surface area contributed by atoms with Gasteiger partial charge in [0.05, 0.1) is 6.54 Å². The van der Waals surface area contributed by atoms with Crippen molar-refractivity contribution >= 4 is 5.96 Å². The van der Waals surface area contributed by atoms with Crippen LogP contribution in [0.15, 0.2) is 35.3 Å². The van der Waals surface area contributed by atoms with Crippen LogP contribution in [0.4, 0.5) is 0 Å². The Balaban J connectivity index is 2.59. The molecule has 2 atom stereocenters. The van der Waals surface area contributed by atoms with Gasteiger partial charge in [0.25, 0.3) is 0 Å². The van der Waals surface area contributed by atoms with Gasteiger partial charge in [-0.2, -0.15) is 0 Å². The predicted octanol–water partition coefficient (Wildman–Crippen LogP) is 2.18. The molecule has 0 fully saturated rings. The Kier molecular flexibility index (Phi) is 8.79. The third-order valence-electron chi connectivity index (χ3n) is 4.39. The molecule has 0 amide bonds. The van der Waals surface area contributed by atoms with Crippen molar-refractivity contribution in [3.05, 3.63) is 35.9 Å². The molecule has 0 spiro atoms. The van der Waals surface area contributed by atoms with Crippen LogP contribution in [0.25, 0.3) is 0 Å². The van der Waals surface area contributed by atoms with Crippen molar-refractivity contribution in [2.24, 2.45) is 4.99 Å². The van der Waals surface area contributed by atoms with Gasteiger partial charge in [-0.3, -0.25) is 0 Å². The standard InChI is InChI=1S/C19H34N4O/c1-6-16(3)23(5)14-13-21-18(20-7-2)22-15-19(4,24)17-11-9-8-10-12-17/h8-12,16,24H,6-7,13-15H2,1-5H3,(H2,20,21,22). The van der Waals surface area contributed by atoms with E-state index in [1.807, 2.05) is 37.3 Å². The molecule has 0 heterocycles. The van der Waals surface area contributed by atoms with Gasteiger partial charge in [0.2, 0.25) is 0 Å². The normalized spacial score (nSPS) is 15.9. The first-order valence-corrected chi connectivity index (χ1v) is 8.91. The van der Waals surface area contributed by atoms with Crippen molar-refractivity contribution in [2.75, 3.05) is 33.2 Å². The monoisotopic (exact) mass is 334 g/mol. The number of nitrogens with one attached hydrogen (secondary N) is 2. The van der Waals surface area contributed by atoms with Gasteiger partial charge in [0.15, 0.2) is 5.96 Å². The third kappa shape index (κ3) is 6.89. The first-order valence-electron chi connectivity index (χ1n) is 8.91. The number of guanidine groups is 1. The summed E-state index contributed by atoms with van der Waals surface area (Å²) in [6.45, 7) is 11.1. The molecule has 2 unspecified atom stereocenters. The number of aliphatic hydroxyl groups is 1. The Bertz CT molecular complexity index is 487. The molecular weight excluding hydrogens is 300 g/mol. The summed E-state index contributed by atoms with van der Waals surface area (Å²) < 4.78 is 0. The molecule has 1 aromatic carbocycles. The number of rotatable bonds is 9. The van der Waals surface area contributed by atoms with Crippen LogP contribution >= 0.6 is 0 Å². The SMILES string of the molecule is CCNC(=NCC(C)(O)c1ccccc1)NCCN(C)C(C)CC. The van der Waals surface area contributed by atoms with Crippen LogP contribution in [0.2, 0.25) is 0 Å². The molecule has 3 N–H and O–H groups in total. The minimum atomic E-state index is -0.975. The summed E-state index contributed by atoms with van der Waals surface area (Å²) in [7, 11) is 2.14. The highest BCUT2D eigenvalue weighted by molar-refractivity contribution is 5.79. The number of likely N-dealkylation sites (N-methyl/N-ethyl adjacent to an activating group) is 1. The molecule has 0 saturated heterocycles. The van der Waals surface area contributed by atoms with E-state index in [0.717, 1.165) is 37.6 Å². The number of nitrogens with zero attached hydrogens (tertiary/aromatic N) is 2. The Morgan fingerprint density at radius 1 is 1.25 bits per heavy atom. The average molecular weight is 335 g/mol. The largest absolute Gasteiger partial charge is 0.384 e. The zero-order valence-corrected chi connectivity index (χ0v) is 15.8. The lowest BCUT2D eigenvalue weighted by Gasteiger charge is -2.25. The molecule has 5 heteroatoms. The number of aliphatic imine (C=N–C) groups is 1. The molecule has 0 saturated carbocycles. The van der Waals surface area contributed by atoms with Crippen molar-refractivity contribution in [2.45, 2.75) is 45.8 Å². The fourth-order valence-electron chi connectivity index (χ4n) is 2.35. The highest BCUT2D eigenvalue weighted by Crippen LogP contribution is 2.20. The molecule has 5 nitrogen and oxygen atoms in total. The highest BCUT2D eigenvalue weighted by Gasteiger charge is 2.22. The van der Waals surface area contributed by atoms with E-state index < -0.39 is 5.60 Å². The Morgan fingerprint density at radius 2 is 1.92 bits per heavy atom. The molecule has 0 radical (unpaired) electrons. The van der Waals surface area contributed by atoms with Crippen molar-refractivity contribution in [3.63, 3.8) is 0 Å². The molecule has 1 rings (SSSR count). The average Bonchev–Trinajstić information content (AvgIpc) is 2.59. The lowest BCUT2D eigenvalue weighted by molar-refractivity contribution is 0.0672. The quantitative estimate of drug-likeness (QED) is 0.478. The van der Waals surface area contributed by atoms with E-state index in [1.54, 1.807) is 6.92 Å². The van der Waals surface area contributed by atoms with E-state index in [-0.39, 0.29) is 0 Å². The molecule has 0 aliphatic carbocycles. The maximum absolute atomic E-state index is 10.7. The van der Waals surface area contributed by atoms with Crippen molar-refractivity contribution in [3.8, 4) is 0 Å². The van der Waals surface area contributed by atoms with E-state index in [1.165, 1.54) is 0 Å². The van der Waals surface area contributed by atoms with Crippen LogP contribution in [0, 0.1) is 0 Å². The number of hydrogen-bond acceptors (Lipinski definition) is 3. The highest BCUT2D eigenvalue weighted by atomic mass is 16.3. The lowest BCUT2D eigenvalue weighted by atomic mass is 9.96. The van der Waals surface area contributed by atoms with Crippen LogP contribution in [-0.2, 0) is 5.60 Å². The molecule has 0 aliphatic rings. The molecule has 136 valence electrons. The van der Waals surface area contributed by atoms with Gasteiger partial charge in [-0.25, -0.2) is 4.99 Å². The van der Waals surface area contributed by atoms with Gasteiger partial charge in [-0.1, -0.05) is 37.3 Å². The fraction of sp³-hybridized carbons (Fsp3) is 0.632. The Hall–Kier alpha value is -1.59. The summed E-state index contributed by atoms with van der Waals surface area (Å²) in [5.41, 5.74) is -0.0991. The van der Waals surface area contributed by atoms with E-state index in [0.29, 0.717) is 12.6 Å². The van der Waals surface area contributed by atoms with Gasteiger partial charge in [0.1, 0.15) is 5.60 Å². The fourth-order valence-corrected chi connectivity index (χ4v) is 2.35. The number of hydrogen-bond donors (Lipinski definition) is 3. The summed E-state index contributed by atoms with van der Waals surface area (Å²) >= 11 is 0. The zero-order chi connectivity index (χ0) is 18.0. The van der Waals surface area contributed by atoms with Crippen LogP contribution in [0.3, 0.4) is 0 Å².